The number of rotatable bonds is 7. The van der Waals surface area contributed by atoms with Crippen LogP contribution in [0.3, 0.4) is 0 Å². The molecule has 0 aliphatic heterocycles. The molecule has 2 rings (SSSR count). The molecule has 0 radical (unpaired) electrons. The average Bonchev–Trinajstić information content (AvgIpc) is 2.63. The van der Waals surface area contributed by atoms with Gasteiger partial charge in [0.05, 0.1) is 24.7 Å². The highest BCUT2D eigenvalue weighted by Gasteiger charge is 2.57. The lowest BCUT2D eigenvalue weighted by atomic mass is 9.61. The Morgan fingerprint density at radius 3 is 2.03 bits per heavy atom. The Balaban J connectivity index is 2.51. The van der Waals surface area contributed by atoms with E-state index in [4.69, 9.17) is 9.47 Å². The smallest absolute Gasteiger partial charge is 0.317 e. The summed E-state index contributed by atoms with van der Waals surface area (Å²) in [4.78, 5) is 39.0. The van der Waals surface area contributed by atoms with Crippen molar-refractivity contribution in [2.24, 2.45) is 23.7 Å². The van der Waals surface area contributed by atoms with Gasteiger partial charge in [0, 0.05) is 12.3 Å². The number of hydrogen-bond donors (Lipinski definition) is 1. The van der Waals surface area contributed by atoms with E-state index < -0.39 is 41.1 Å². The molecule has 166 valence electrons. The van der Waals surface area contributed by atoms with Crippen molar-refractivity contribution in [2.75, 3.05) is 13.2 Å². The van der Waals surface area contributed by atoms with E-state index in [1.165, 1.54) is 6.92 Å². The predicted molar refractivity (Wildman–Crippen MR) is 113 cm³/mol. The second-order valence-corrected chi connectivity index (χ2v) is 9.44. The van der Waals surface area contributed by atoms with E-state index in [2.05, 4.69) is 0 Å². The molecular formula is C24H34O6. The largest absolute Gasteiger partial charge is 0.465 e. The highest BCUT2D eigenvalue weighted by molar-refractivity contribution is 6.02. The van der Waals surface area contributed by atoms with Gasteiger partial charge in [-0.3, -0.25) is 14.4 Å². The van der Waals surface area contributed by atoms with Crippen LogP contribution in [0.5, 0.6) is 0 Å². The van der Waals surface area contributed by atoms with Gasteiger partial charge in [-0.1, -0.05) is 57.5 Å². The van der Waals surface area contributed by atoms with Crippen LogP contribution in [-0.4, -0.2) is 41.6 Å². The first-order chi connectivity index (χ1) is 13.9. The van der Waals surface area contributed by atoms with Gasteiger partial charge in [0.15, 0.2) is 5.78 Å². The minimum atomic E-state index is -1.63. The Kier molecular flexibility index (Phi) is 7.81. The lowest BCUT2D eigenvalue weighted by molar-refractivity contribution is -0.173. The Morgan fingerprint density at radius 2 is 1.53 bits per heavy atom. The molecule has 1 aromatic rings. The van der Waals surface area contributed by atoms with E-state index >= 15 is 0 Å². The van der Waals surface area contributed by atoms with E-state index in [0.717, 1.165) is 5.56 Å². The number of ether oxygens (including phenoxy) is 2. The molecule has 6 heteroatoms. The molecule has 1 N–H and O–H groups in total. The highest BCUT2D eigenvalue weighted by Crippen LogP contribution is 2.46. The SMILES string of the molecule is Cc1ccc([C@@H]2[C@@H](C(=O)OCC(C)C)C(=O)C[C@@](C)(O)[C@H]2C(=O)OCC(C)C)cc1. The van der Waals surface area contributed by atoms with Crippen LogP contribution in [0, 0.1) is 30.6 Å². The number of esters is 2. The summed E-state index contributed by atoms with van der Waals surface area (Å²) in [5.41, 5.74) is 0.00708. The molecule has 1 aliphatic carbocycles. The van der Waals surface area contributed by atoms with Crippen molar-refractivity contribution in [1.82, 2.24) is 0 Å². The van der Waals surface area contributed by atoms with E-state index in [-0.39, 0.29) is 31.5 Å². The average molecular weight is 419 g/mol. The fourth-order valence-corrected chi connectivity index (χ4v) is 3.88. The molecule has 0 amide bonds. The molecule has 1 fully saturated rings. The van der Waals surface area contributed by atoms with Crippen LogP contribution >= 0.6 is 0 Å². The molecule has 1 aromatic carbocycles. The van der Waals surface area contributed by atoms with Crippen LogP contribution in [0.25, 0.3) is 0 Å². The lowest BCUT2D eigenvalue weighted by Gasteiger charge is -2.43. The van der Waals surface area contributed by atoms with Crippen LogP contribution in [0.2, 0.25) is 0 Å². The Hall–Kier alpha value is -2.21. The van der Waals surface area contributed by atoms with E-state index in [1.54, 1.807) is 12.1 Å². The number of carbonyl (C=O) groups is 3. The van der Waals surface area contributed by atoms with Crippen molar-refractivity contribution in [3.8, 4) is 0 Å². The van der Waals surface area contributed by atoms with Crippen LogP contribution in [0.4, 0.5) is 0 Å². The van der Waals surface area contributed by atoms with Gasteiger partial charge in [-0.25, -0.2) is 0 Å². The van der Waals surface area contributed by atoms with E-state index in [9.17, 15) is 19.5 Å². The third-order valence-electron chi connectivity index (χ3n) is 5.36. The maximum absolute atomic E-state index is 13.1. The summed E-state index contributed by atoms with van der Waals surface area (Å²) < 4.78 is 10.8. The van der Waals surface area contributed by atoms with Gasteiger partial charge in [-0.2, -0.15) is 0 Å². The van der Waals surface area contributed by atoms with Gasteiger partial charge in [0.1, 0.15) is 5.92 Å². The molecule has 1 aliphatic rings. The van der Waals surface area contributed by atoms with Gasteiger partial charge in [0.25, 0.3) is 0 Å². The molecule has 0 spiro atoms. The van der Waals surface area contributed by atoms with Crippen LogP contribution in [0.15, 0.2) is 24.3 Å². The molecule has 1 saturated carbocycles. The zero-order valence-corrected chi connectivity index (χ0v) is 18.8. The van der Waals surface area contributed by atoms with Gasteiger partial charge in [0.2, 0.25) is 0 Å². The topological polar surface area (TPSA) is 89.9 Å². The normalized spacial score (nSPS) is 26.7. The van der Waals surface area contributed by atoms with E-state index in [0.29, 0.717) is 5.56 Å². The summed E-state index contributed by atoms with van der Waals surface area (Å²) in [6, 6.07) is 7.30. The molecule has 30 heavy (non-hydrogen) atoms. The number of hydrogen-bond acceptors (Lipinski definition) is 6. The number of carbonyl (C=O) groups excluding carboxylic acids is 3. The summed E-state index contributed by atoms with van der Waals surface area (Å²) in [6.07, 6.45) is -0.307. The molecule has 0 aromatic heterocycles. The number of aryl methyl sites for hydroxylation is 1. The zero-order valence-electron chi connectivity index (χ0n) is 18.8. The third-order valence-corrected chi connectivity index (χ3v) is 5.36. The molecule has 4 atom stereocenters. The number of benzene rings is 1. The summed E-state index contributed by atoms with van der Waals surface area (Å²) in [5, 5.41) is 11.1. The fourth-order valence-electron chi connectivity index (χ4n) is 3.88. The molecule has 0 bridgehead atoms. The van der Waals surface area contributed by atoms with Crippen molar-refractivity contribution in [2.45, 2.75) is 59.5 Å². The quantitative estimate of drug-likeness (QED) is 0.539. The van der Waals surface area contributed by atoms with Crippen molar-refractivity contribution < 1.29 is 29.0 Å². The van der Waals surface area contributed by atoms with Gasteiger partial charge >= 0.3 is 11.9 Å². The van der Waals surface area contributed by atoms with Crippen molar-refractivity contribution in [1.29, 1.82) is 0 Å². The zero-order chi connectivity index (χ0) is 22.6. The molecule has 0 unspecified atom stereocenters. The van der Waals surface area contributed by atoms with Crippen LogP contribution < -0.4 is 0 Å². The molecular weight excluding hydrogens is 384 g/mol. The maximum Gasteiger partial charge on any atom is 0.317 e. The summed E-state index contributed by atoms with van der Waals surface area (Å²) in [7, 11) is 0. The van der Waals surface area contributed by atoms with Crippen LogP contribution in [0.1, 0.15) is 58.1 Å². The van der Waals surface area contributed by atoms with Crippen molar-refractivity contribution in [3.63, 3.8) is 0 Å². The van der Waals surface area contributed by atoms with Crippen molar-refractivity contribution in [3.05, 3.63) is 35.4 Å². The minimum absolute atomic E-state index is 0.111. The number of aliphatic hydroxyl groups is 1. The highest BCUT2D eigenvalue weighted by atomic mass is 16.5. The lowest BCUT2D eigenvalue weighted by Crippen LogP contribution is -2.55. The molecule has 0 saturated heterocycles. The molecule has 6 nitrogen and oxygen atoms in total. The first-order valence-corrected chi connectivity index (χ1v) is 10.6. The summed E-state index contributed by atoms with van der Waals surface area (Å²) in [6.45, 7) is 11.4. The third kappa shape index (κ3) is 5.69. The predicted octanol–water partition coefficient (Wildman–Crippen LogP) is 3.43. The number of ketones is 1. The van der Waals surface area contributed by atoms with Gasteiger partial charge < -0.3 is 14.6 Å². The first kappa shape index (κ1) is 24.1. The Morgan fingerprint density at radius 1 is 1.03 bits per heavy atom. The Bertz CT molecular complexity index is 762. The van der Waals surface area contributed by atoms with Gasteiger partial charge in [-0.05, 0) is 31.2 Å². The summed E-state index contributed by atoms with van der Waals surface area (Å²) >= 11 is 0. The van der Waals surface area contributed by atoms with Crippen LogP contribution in [-0.2, 0) is 23.9 Å². The molecule has 0 heterocycles. The monoisotopic (exact) mass is 418 g/mol. The summed E-state index contributed by atoms with van der Waals surface area (Å²) in [5.74, 6) is -4.54. The van der Waals surface area contributed by atoms with E-state index in [1.807, 2.05) is 46.8 Å². The van der Waals surface area contributed by atoms with Gasteiger partial charge in [-0.15, -0.1) is 0 Å². The second kappa shape index (κ2) is 9.73. The standard InChI is InChI=1S/C24H34O6/c1-14(2)12-29-22(26)20-18(25)11-24(6,28)21(23(27)30-13-15(3)4)19(20)17-9-7-16(5)8-10-17/h7-10,14-15,19-21,28H,11-13H2,1-6H3/t19-,20+,21-,24-/m1/s1. The Labute approximate surface area is 179 Å². The second-order valence-electron chi connectivity index (χ2n) is 9.44. The maximum atomic E-state index is 13.1. The number of Topliss-reactive ketones (excluding diaryl/α,β-unsaturated/α-hetero) is 1. The first-order valence-electron chi connectivity index (χ1n) is 10.6. The van der Waals surface area contributed by atoms with Crippen molar-refractivity contribution >= 4 is 17.7 Å². The minimum Gasteiger partial charge on any atom is -0.465 e. The fraction of sp³-hybridized carbons (Fsp3) is 0.625.